The smallest absolute Gasteiger partial charge is 0.321 e. The van der Waals surface area contributed by atoms with Gasteiger partial charge in [-0.05, 0) is 18.6 Å². The number of rotatable bonds is 6. The van der Waals surface area contributed by atoms with Gasteiger partial charge < -0.3 is 16.3 Å². The Kier molecular flexibility index (Phi) is 6.21. The standard InChI is InChI=1S/C13H20N4O2/c1-2-9-15-13(18)17(10-8-12(14)16-19)11-6-4-3-5-7-11/h3-7,19H,2,8-10H2,1H3,(H2,14,16)(H,15,18). The summed E-state index contributed by atoms with van der Waals surface area (Å²) in [5.41, 5.74) is 6.22. The zero-order valence-electron chi connectivity index (χ0n) is 11.0. The third-order valence-electron chi connectivity index (χ3n) is 2.56. The summed E-state index contributed by atoms with van der Waals surface area (Å²) in [6.45, 7) is 2.96. The van der Waals surface area contributed by atoms with Crippen molar-refractivity contribution in [2.24, 2.45) is 10.9 Å². The van der Waals surface area contributed by atoms with Crippen molar-refractivity contribution in [3.8, 4) is 0 Å². The number of benzene rings is 1. The van der Waals surface area contributed by atoms with Crippen LogP contribution in [0.3, 0.4) is 0 Å². The molecule has 0 spiro atoms. The van der Waals surface area contributed by atoms with Crippen LogP contribution in [0.15, 0.2) is 35.5 Å². The van der Waals surface area contributed by atoms with Gasteiger partial charge >= 0.3 is 6.03 Å². The van der Waals surface area contributed by atoms with E-state index in [0.29, 0.717) is 19.5 Å². The summed E-state index contributed by atoms with van der Waals surface area (Å²) in [5, 5.41) is 14.3. The highest BCUT2D eigenvalue weighted by Gasteiger charge is 2.15. The van der Waals surface area contributed by atoms with Gasteiger partial charge in [-0.15, -0.1) is 0 Å². The second kappa shape index (κ2) is 7.97. The lowest BCUT2D eigenvalue weighted by atomic mass is 10.2. The van der Waals surface area contributed by atoms with E-state index in [1.54, 1.807) is 4.90 Å². The number of para-hydroxylation sites is 1. The first kappa shape index (κ1) is 14.8. The zero-order chi connectivity index (χ0) is 14.1. The molecule has 0 atom stereocenters. The molecule has 0 radical (unpaired) electrons. The average molecular weight is 264 g/mol. The zero-order valence-corrected chi connectivity index (χ0v) is 11.0. The Hall–Kier alpha value is -2.24. The third-order valence-corrected chi connectivity index (χ3v) is 2.56. The number of nitrogens with one attached hydrogen (secondary N) is 1. The topological polar surface area (TPSA) is 91.0 Å². The lowest BCUT2D eigenvalue weighted by Crippen LogP contribution is -2.42. The summed E-state index contributed by atoms with van der Waals surface area (Å²) in [7, 11) is 0. The van der Waals surface area contributed by atoms with Gasteiger partial charge in [0.25, 0.3) is 0 Å². The molecule has 19 heavy (non-hydrogen) atoms. The number of urea groups is 1. The second-order valence-corrected chi connectivity index (χ2v) is 4.06. The number of amidine groups is 1. The van der Waals surface area contributed by atoms with E-state index in [0.717, 1.165) is 12.1 Å². The van der Waals surface area contributed by atoms with Crippen molar-refractivity contribution in [1.82, 2.24) is 5.32 Å². The highest BCUT2D eigenvalue weighted by Crippen LogP contribution is 2.13. The number of nitrogens with zero attached hydrogens (tertiary/aromatic N) is 2. The highest BCUT2D eigenvalue weighted by molar-refractivity contribution is 5.93. The van der Waals surface area contributed by atoms with Crippen molar-refractivity contribution in [1.29, 1.82) is 0 Å². The summed E-state index contributed by atoms with van der Waals surface area (Å²) in [6.07, 6.45) is 1.18. The number of nitrogens with two attached hydrogens (primary N) is 1. The molecule has 2 amide bonds. The minimum Gasteiger partial charge on any atom is -0.409 e. The van der Waals surface area contributed by atoms with Gasteiger partial charge in [0.15, 0.2) is 0 Å². The van der Waals surface area contributed by atoms with Crippen molar-refractivity contribution in [3.63, 3.8) is 0 Å². The van der Waals surface area contributed by atoms with Crippen LogP contribution in [0.25, 0.3) is 0 Å². The summed E-state index contributed by atoms with van der Waals surface area (Å²) in [5.74, 6) is 0.101. The van der Waals surface area contributed by atoms with Gasteiger partial charge in [0.1, 0.15) is 5.84 Å². The van der Waals surface area contributed by atoms with Gasteiger partial charge in [0.2, 0.25) is 0 Å². The molecule has 104 valence electrons. The van der Waals surface area contributed by atoms with E-state index in [2.05, 4.69) is 10.5 Å². The quantitative estimate of drug-likeness (QED) is 0.316. The minimum atomic E-state index is -0.182. The lowest BCUT2D eigenvalue weighted by Gasteiger charge is -2.22. The van der Waals surface area contributed by atoms with E-state index in [1.807, 2.05) is 37.3 Å². The van der Waals surface area contributed by atoms with Crippen LogP contribution in [0.2, 0.25) is 0 Å². The molecule has 0 saturated heterocycles. The largest absolute Gasteiger partial charge is 0.409 e. The number of carbonyl (C=O) groups excluding carboxylic acids is 1. The Balaban J connectivity index is 2.76. The van der Waals surface area contributed by atoms with Crippen LogP contribution in [0.1, 0.15) is 19.8 Å². The summed E-state index contributed by atoms with van der Waals surface area (Å²) >= 11 is 0. The first-order valence-electron chi connectivity index (χ1n) is 6.25. The van der Waals surface area contributed by atoms with Gasteiger partial charge in [-0.3, -0.25) is 4.90 Å². The molecule has 0 heterocycles. The van der Waals surface area contributed by atoms with Gasteiger partial charge in [0, 0.05) is 25.2 Å². The molecular formula is C13H20N4O2. The molecule has 0 aromatic heterocycles. The molecule has 0 bridgehead atoms. The molecule has 1 aromatic rings. The molecule has 4 N–H and O–H groups in total. The fraction of sp³-hybridized carbons (Fsp3) is 0.385. The van der Waals surface area contributed by atoms with E-state index >= 15 is 0 Å². The van der Waals surface area contributed by atoms with Crippen molar-refractivity contribution >= 4 is 17.6 Å². The predicted octanol–water partition coefficient (Wildman–Crippen LogP) is 1.75. The molecule has 0 aliphatic heterocycles. The third kappa shape index (κ3) is 4.87. The minimum absolute atomic E-state index is 0.101. The SMILES string of the molecule is CCCNC(=O)N(CC/C(N)=N/O)c1ccccc1. The van der Waals surface area contributed by atoms with Gasteiger partial charge in [-0.1, -0.05) is 30.3 Å². The Bertz CT molecular complexity index is 420. The van der Waals surface area contributed by atoms with Crippen LogP contribution in [-0.4, -0.2) is 30.2 Å². The van der Waals surface area contributed by atoms with Crippen LogP contribution in [0, 0.1) is 0 Å². The number of hydrogen-bond acceptors (Lipinski definition) is 3. The molecule has 0 aliphatic carbocycles. The van der Waals surface area contributed by atoms with Gasteiger partial charge in [0.05, 0.1) is 0 Å². The number of carbonyl (C=O) groups is 1. The van der Waals surface area contributed by atoms with E-state index in [1.165, 1.54) is 0 Å². The maximum absolute atomic E-state index is 12.1. The monoisotopic (exact) mass is 264 g/mol. The van der Waals surface area contributed by atoms with Gasteiger partial charge in [-0.25, -0.2) is 4.79 Å². The van der Waals surface area contributed by atoms with Crippen LogP contribution in [0.5, 0.6) is 0 Å². The molecule has 0 saturated carbocycles. The maximum atomic E-state index is 12.1. The van der Waals surface area contributed by atoms with Crippen molar-refractivity contribution in [2.75, 3.05) is 18.0 Å². The molecule has 0 unspecified atom stereocenters. The first-order chi connectivity index (χ1) is 9.19. The second-order valence-electron chi connectivity index (χ2n) is 4.06. The van der Waals surface area contributed by atoms with Crippen LogP contribution in [0.4, 0.5) is 10.5 Å². The molecule has 6 heteroatoms. The number of amides is 2. The van der Waals surface area contributed by atoms with Crippen LogP contribution >= 0.6 is 0 Å². The predicted molar refractivity (Wildman–Crippen MR) is 75.5 cm³/mol. The normalized spacial score (nSPS) is 11.1. The van der Waals surface area contributed by atoms with Crippen LogP contribution < -0.4 is 16.0 Å². The Labute approximate surface area is 112 Å². The van der Waals surface area contributed by atoms with E-state index in [9.17, 15) is 4.79 Å². The fourth-order valence-corrected chi connectivity index (χ4v) is 1.56. The van der Waals surface area contributed by atoms with Gasteiger partial charge in [-0.2, -0.15) is 0 Å². The number of oxime groups is 1. The first-order valence-corrected chi connectivity index (χ1v) is 6.25. The van der Waals surface area contributed by atoms with Crippen LogP contribution in [-0.2, 0) is 0 Å². The molecular weight excluding hydrogens is 244 g/mol. The number of hydrogen-bond donors (Lipinski definition) is 3. The Morgan fingerprint density at radius 1 is 1.42 bits per heavy atom. The fourth-order valence-electron chi connectivity index (χ4n) is 1.56. The molecule has 0 aliphatic rings. The van der Waals surface area contributed by atoms with E-state index in [4.69, 9.17) is 10.9 Å². The molecule has 1 aromatic carbocycles. The highest BCUT2D eigenvalue weighted by atomic mass is 16.4. The summed E-state index contributed by atoms with van der Waals surface area (Å²) < 4.78 is 0. The summed E-state index contributed by atoms with van der Waals surface area (Å²) in [6, 6.07) is 9.11. The average Bonchev–Trinajstić information content (AvgIpc) is 2.46. The van der Waals surface area contributed by atoms with E-state index < -0.39 is 0 Å². The molecule has 0 fully saturated rings. The number of anilines is 1. The van der Waals surface area contributed by atoms with E-state index in [-0.39, 0.29) is 11.9 Å². The maximum Gasteiger partial charge on any atom is 0.321 e. The lowest BCUT2D eigenvalue weighted by molar-refractivity contribution is 0.246. The summed E-state index contributed by atoms with van der Waals surface area (Å²) in [4.78, 5) is 13.7. The Morgan fingerprint density at radius 3 is 2.68 bits per heavy atom. The Morgan fingerprint density at radius 2 is 2.11 bits per heavy atom. The van der Waals surface area contributed by atoms with Crippen molar-refractivity contribution in [3.05, 3.63) is 30.3 Å². The van der Waals surface area contributed by atoms with Crippen molar-refractivity contribution in [2.45, 2.75) is 19.8 Å². The molecule has 6 nitrogen and oxygen atoms in total. The van der Waals surface area contributed by atoms with Crippen molar-refractivity contribution < 1.29 is 10.0 Å². The molecule has 1 rings (SSSR count).